The van der Waals surface area contributed by atoms with Crippen molar-refractivity contribution < 1.29 is 14.6 Å². The van der Waals surface area contributed by atoms with Gasteiger partial charge in [0.15, 0.2) is 5.76 Å². The van der Waals surface area contributed by atoms with Crippen LogP contribution in [0.25, 0.3) is 0 Å². The summed E-state index contributed by atoms with van der Waals surface area (Å²) in [5.74, 6) is 0.624. The molecule has 1 aliphatic heterocycles. The Morgan fingerprint density at radius 1 is 1.17 bits per heavy atom. The number of hydrazine groups is 1. The lowest BCUT2D eigenvalue weighted by Crippen LogP contribution is -2.37. The molecule has 0 atom stereocenters. The molecule has 0 bridgehead atoms. The highest BCUT2D eigenvalue weighted by atomic mass is 35.5. The third kappa shape index (κ3) is 5.46. The SMILES string of the molecule is CC(C)N1C=C(Cl)C(OCc2ccc(COCCO)cc2)=CN1. The van der Waals surface area contributed by atoms with Gasteiger partial charge in [-0.25, -0.2) is 0 Å². The zero-order valence-corrected chi connectivity index (χ0v) is 14.2. The van der Waals surface area contributed by atoms with Gasteiger partial charge >= 0.3 is 0 Å². The van der Waals surface area contributed by atoms with Crippen LogP contribution in [0.1, 0.15) is 25.0 Å². The van der Waals surface area contributed by atoms with Crippen molar-refractivity contribution in [2.45, 2.75) is 33.1 Å². The van der Waals surface area contributed by atoms with Crippen LogP contribution in [0, 0.1) is 0 Å². The minimum atomic E-state index is 0.0393. The van der Waals surface area contributed by atoms with Gasteiger partial charge in [-0.15, -0.1) is 0 Å². The van der Waals surface area contributed by atoms with Gasteiger partial charge in [0.25, 0.3) is 0 Å². The summed E-state index contributed by atoms with van der Waals surface area (Å²) >= 11 is 6.23. The van der Waals surface area contributed by atoms with Crippen molar-refractivity contribution in [1.82, 2.24) is 10.4 Å². The van der Waals surface area contributed by atoms with Crippen molar-refractivity contribution in [2.24, 2.45) is 0 Å². The minimum absolute atomic E-state index is 0.0393. The van der Waals surface area contributed by atoms with Gasteiger partial charge in [-0.3, -0.25) is 5.01 Å². The number of nitrogens with zero attached hydrogens (tertiary/aromatic N) is 1. The zero-order valence-electron chi connectivity index (χ0n) is 13.5. The predicted molar refractivity (Wildman–Crippen MR) is 90.1 cm³/mol. The molecule has 1 aromatic rings. The molecule has 1 aliphatic rings. The Morgan fingerprint density at radius 3 is 2.39 bits per heavy atom. The van der Waals surface area contributed by atoms with Gasteiger partial charge in [-0.2, -0.15) is 0 Å². The van der Waals surface area contributed by atoms with E-state index in [0.29, 0.717) is 36.7 Å². The summed E-state index contributed by atoms with van der Waals surface area (Å²) in [6, 6.07) is 8.27. The number of allylic oxidation sites excluding steroid dienone is 1. The summed E-state index contributed by atoms with van der Waals surface area (Å²) in [6.07, 6.45) is 3.59. The molecule has 1 aromatic carbocycles. The Labute approximate surface area is 142 Å². The summed E-state index contributed by atoms with van der Waals surface area (Å²) in [5.41, 5.74) is 5.23. The highest BCUT2D eigenvalue weighted by molar-refractivity contribution is 6.31. The Balaban J connectivity index is 1.83. The second-order valence-electron chi connectivity index (χ2n) is 5.50. The highest BCUT2D eigenvalue weighted by Gasteiger charge is 2.14. The molecular weight excluding hydrogens is 316 g/mol. The molecule has 1 heterocycles. The van der Waals surface area contributed by atoms with Gasteiger partial charge in [0.05, 0.1) is 26.0 Å². The van der Waals surface area contributed by atoms with Gasteiger partial charge in [0.2, 0.25) is 0 Å². The van der Waals surface area contributed by atoms with E-state index in [2.05, 4.69) is 19.3 Å². The molecule has 5 nitrogen and oxygen atoms in total. The number of aliphatic hydroxyl groups is 1. The van der Waals surface area contributed by atoms with Gasteiger partial charge in [0, 0.05) is 12.2 Å². The molecule has 2 N–H and O–H groups in total. The van der Waals surface area contributed by atoms with Crippen LogP contribution in [0.4, 0.5) is 0 Å². The summed E-state index contributed by atoms with van der Waals surface area (Å²) in [4.78, 5) is 0. The molecule has 126 valence electrons. The van der Waals surface area contributed by atoms with Crippen LogP contribution < -0.4 is 5.43 Å². The van der Waals surface area contributed by atoms with Crippen LogP contribution >= 0.6 is 11.6 Å². The monoisotopic (exact) mass is 338 g/mol. The number of hydrogen-bond acceptors (Lipinski definition) is 5. The molecule has 0 spiro atoms. The fourth-order valence-electron chi connectivity index (χ4n) is 1.98. The third-order valence-electron chi connectivity index (χ3n) is 3.31. The van der Waals surface area contributed by atoms with Crippen molar-refractivity contribution in [3.63, 3.8) is 0 Å². The van der Waals surface area contributed by atoms with Crippen molar-refractivity contribution in [1.29, 1.82) is 0 Å². The number of ether oxygens (including phenoxy) is 2. The van der Waals surface area contributed by atoms with Crippen molar-refractivity contribution in [3.8, 4) is 0 Å². The van der Waals surface area contributed by atoms with Crippen LogP contribution in [0.5, 0.6) is 0 Å². The van der Waals surface area contributed by atoms with Crippen LogP contribution in [-0.2, 0) is 22.7 Å². The molecule has 2 rings (SSSR count). The van der Waals surface area contributed by atoms with E-state index >= 15 is 0 Å². The molecule has 0 saturated carbocycles. The second-order valence-corrected chi connectivity index (χ2v) is 5.90. The fraction of sp³-hybridized carbons (Fsp3) is 0.412. The first-order valence-electron chi connectivity index (χ1n) is 7.61. The Bertz CT molecular complexity index is 555. The van der Waals surface area contributed by atoms with Crippen LogP contribution in [0.15, 0.2) is 47.5 Å². The van der Waals surface area contributed by atoms with E-state index < -0.39 is 0 Å². The highest BCUT2D eigenvalue weighted by Crippen LogP contribution is 2.22. The molecule has 0 aliphatic carbocycles. The molecule has 0 saturated heterocycles. The molecule has 0 aromatic heterocycles. The lowest BCUT2D eigenvalue weighted by Gasteiger charge is -2.29. The van der Waals surface area contributed by atoms with E-state index in [1.54, 1.807) is 6.20 Å². The largest absolute Gasteiger partial charge is 0.486 e. The third-order valence-corrected chi connectivity index (χ3v) is 3.59. The Kier molecular flexibility index (Phi) is 6.77. The maximum Gasteiger partial charge on any atom is 0.157 e. The lowest BCUT2D eigenvalue weighted by atomic mass is 10.1. The Morgan fingerprint density at radius 2 is 1.83 bits per heavy atom. The average Bonchev–Trinajstić information content (AvgIpc) is 2.55. The van der Waals surface area contributed by atoms with Crippen LogP contribution in [0.3, 0.4) is 0 Å². The number of aliphatic hydroxyl groups excluding tert-OH is 1. The standard InChI is InChI=1S/C17H23ClN2O3/c1-13(2)20-10-16(18)17(9-19-20)23-12-15-5-3-14(4-6-15)11-22-8-7-21/h3-6,9-10,13,19,21H,7-8,11-12H2,1-2H3. The van der Waals surface area contributed by atoms with E-state index in [-0.39, 0.29) is 6.61 Å². The first-order chi connectivity index (χ1) is 11.1. The number of nitrogens with one attached hydrogen (secondary N) is 1. The van der Waals surface area contributed by atoms with Crippen molar-refractivity contribution in [3.05, 3.63) is 58.6 Å². The van der Waals surface area contributed by atoms with Gasteiger partial charge in [-0.05, 0) is 25.0 Å². The van der Waals surface area contributed by atoms with E-state index in [0.717, 1.165) is 11.1 Å². The summed E-state index contributed by atoms with van der Waals surface area (Å²) in [6.45, 7) is 5.47. The van der Waals surface area contributed by atoms with Crippen LogP contribution in [-0.4, -0.2) is 29.4 Å². The molecule has 23 heavy (non-hydrogen) atoms. The molecule has 0 amide bonds. The topological polar surface area (TPSA) is 54.0 Å². The normalized spacial score (nSPS) is 14.4. The van der Waals surface area contributed by atoms with Crippen molar-refractivity contribution >= 4 is 11.6 Å². The minimum Gasteiger partial charge on any atom is -0.486 e. The number of halogens is 1. The molecule has 0 radical (unpaired) electrons. The molecular formula is C17H23ClN2O3. The number of hydrogen-bond donors (Lipinski definition) is 2. The maximum absolute atomic E-state index is 8.68. The average molecular weight is 339 g/mol. The van der Waals surface area contributed by atoms with E-state index in [4.69, 9.17) is 26.2 Å². The van der Waals surface area contributed by atoms with E-state index in [9.17, 15) is 0 Å². The summed E-state index contributed by atoms with van der Waals surface area (Å²) < 4.78 is 11.0. The van der Waals surface area contributed by atoms with Gasteiger partial charge in [-0.1, -0.05) is 35.9 Å². The zero-order chi connectivity index (χ0) is 16.7. The summed E-state index contributed by atoms with van der Waals surface area (Å²) in [5, 5.41) is 11.2. The van der Waals surface area contributed by atoms with E-state index in [1.165, 1.54) is 0 Å². The van der Waals surface area contributed by atoms with Crippen molar-refractivity contribution in [2.75, 3.05) is 13.2 Å². The molecule has 0 fully saturated rings. The molecule has 6 heteroatoms. The van der Waals surface area contributed by atoms with Crippen LogP contribution in [0.2, 0.25) is 0 Å². The number of benzene rings is 1. The lowest BCUT2D eigenvalue weighted by molar-refractivity contribution is 0.0815. The molecule has 0 unspecified atom stereocenters. The summed E-state index contributed by atoms with van der Waals surface area (Å²) in [7, 11) is 0. The maximum atomic E-state index is 8.68. The second kappa shape index (κ2) is 8.82. The Hall–Kier alpha value is -1.69. The number of rotatable bonds is 8. The van der Waals surface area contributed by atoms with Gasteiger partial charge in [0.1, 0.15) is 11.6 Å². The first-order valence-corrected chi connectivity index (χ1v) is 7.99. The predicted octanol–water partition coefficient (Wildman–Crippen LogP) is 2.86. The quantitative estimate of drug-likeness (QED) is 0.714. The van der Waals surface area contributed by atoms with E-state index in [1.807, 2.05) is 35.5 Å². The fourth-order valence-corrected chi connectivity index (χ4v) is 2.20. The van der Waals surface area contributed by atoms with Gasteiger partial charge < -0.3 is 20.0 Å². The first kappa shape index (κ1) is 17.7. The smallest absolute Gasteiger partial charge is 0.157 e.